The summed E-state index contributed by atoms with van der Waals surface area (Å²) in [4.78, 5) is 22.1. The van der Waals surface area contributed by atoms with E-state index in [1.165, 1.54) is 6.33 Å². The number of hydrogen-bond acceptors (Lipinski definition) is 6. The molecule has 1 fully saturated rings. The number of nitrogen functional groups attached to an aromatic ring is 1. The molecular formula is C13H21N5O2. The standard InChI is InChI=1S/C13H21N5O2/c1-4-9-12(19)15-5-6-18(9)11-10(14)13(17-7-16-11)20-8(2)3/h7-9H,4-6,14H2,1-3H3,(H,15,19). The second-order valence-electron chi connectivity index (χ2n) is 4.99. The fourth-order valence-corrected chi connectivity index (χ4v) is 2.29. The molecule has 0 aromatic carbocycles. The number of aromatic nitrogens is 2. The van der Waals surface area contributed by atoms with Gasteiger partial charge in [-0.2, -0.15) is 4.98 Å². The Morgan fingerprint density at radius 3 is 2.95 bits per heavy atom. The van der Waals surface area contributed by atoms with E-state index in [-0.39, 0.29) is 18.1 Å². The highest BCUT2D eigenvalue weighted by Gasteiger charge is 2.31. The third-order valence-corrected chi connectivity index (χ3v) is 3.16. The van der Waals surface area contributed by atoms with Crippen molar-refractivity contribution in [2.45, 2.75) is 39.3 Å². The van der Waals surface area contributed by atoms with Crippen LogP contribution < -0.4 is 20.7 Å². The van der Waals surface area contributed by atoms with Gasteiger partial charge in [-0.15, -0.1) is 0 Å². The number of amides is 1. The Balaban J connectivity index is 2.33. The van der Waals surface area contributed by atoms with Crippen LogP contribution in [0.5, 0.6) is 5.88 Å². The Bertz CT molecular complexity index is 492. The third-order valence-electron chi connectivity index (χ3n) is 3.16. The molecule has 1 unspecified atom stereocenters. The van der Waals surface area contributed by atoms with Crippen LogP contribution in [0.15, 0.2) is 6.33 Å². The molecule has 0 bridgehead atoms. The Kier molecular flexibility index (Phi) is 4.26. The molecule has 1 saturated heterocycles. The number of hydrogen-bond donors (Lipinski definition) is 2. The highest BCUT2D eigenvalue weighted by atomic mass is 16.5. The molecule has 2 heterocycles. The molecule has 20 heavy (non-hydrogen) atoms. The Hall–Kier alpha value is -2.05. The molecule has 1 aliphatic rings. The number of carbonyl (C=O) groups excluding carboxylic acids is 1. The summed E-state index contributed by atoms with van der Waals surface area (Å²) >= 11 is 0. The first kappa shape index (κ1) is 14.4. The lowest BCUT2D eigenvalue weighted by Crippen LogP contribution is -2.55. The van der Waals surface area contributed by atoms with Gasteiger partial charge in [-0.05, 0) is 20.3 Å². The van der Waals surface area contributed by atoms with E-state index in [0.717, 1.165) is 0 Å². The van der Waals surface area contributed by atoms with Gasteiger partial charge in [-0.25, -0.2) is 4.98 Å². The van der Waals surface area contributed by atoms with E-state index in [9.17, 15) is 4.79 Å². The quantitative estimate of drug-likeness (QED) is 0.836. The van der Waals surface area contributed by atoms with Gasteiger partial charge in [-0.3, -0.25) is 4.79 Å². The molecule has 1 aromatic rings. The lowest BCUT2D eigenvalue weighted by Gasteiger charge is -2.35. The summed E-state index contributed by atoms with van der Waals surface area (Å²) < 4.78 is 5.57. The van der Waals surface area contributed by atoms with Crippen molar-refractivity contribution < 1.29 is 9.53 Å². The molecule has 3 N–H and O–H groups in total. The molecule has 1 amide bonds. The first-order chi connectivity index (χ1) is 9.54. The van der Waals surface area contributed by atoms with Crippen LogP contribution in [0.3, 0.4) is 0 Å². The monoisotopic (exact) mass is 279 g/mol. The minimum Gasteiger partial charge on any atom is -0.473 e. The van der Waals surface area contributed by atoms with Crippen molar-refractivity contribution in [3.05, 3.63) is 6.33 Å². The van der Waals surface area contributed by atoms with Crippen molar-refractivity contribution >= 4 is 17.4 Å². The van der Waals surface area contributed by atoms with Crippen LogP contribution in [0.2, 0.25) is 0 Å². The lowest BCUT2D eigenvalue weighted by atomic mass is 10.1. The average Bonchev–Trinajstić information content (AvgIpc) is 2.40. The first-order valence-corrected chi connectivity index (χ1v) is 6.86. The highest BCUT2D eigenvalue weighted by molar-refractivity contribution is 5.87. The van der Waals surface area contributed by atoms with E-state index in [1.807, 2.05) is 25.7 Å². The maximum absolute atomic E-state index is 11.9. The number of ether oxygens (including phenoxy) is 1. The molecule has 1 aliphatic heterocycles. The van der Waals surface area contributed by atoms with Gasteiger partial charge >= 0.3 is 0 Å². The molecule has 0 aliphatic carbocycles. The van der Waals surface area contributed by atoms with Gasteiger partial charge in [-0.1, -0.05) is 6.92 Å². The predicted octanol–water partition coefficient (Wildman–Crippen LogP) is 0.561. The van der Waals surface area contributed by atoms with Gasteiger partial charge in [0.2, 0.25) is 11.8 Å². The van der Waals surface area contributed by atoms with E-state index in [4.69, 9.17) is 10.5 Å². The number of anilines is 2. The average molecular weight is 279 g/mol. The van der Waals surface area contributed by atoms with Crippen LogP contribution >= 0.6 is 0 Å². The third kappa shape index (κ3) is 2.76. The zero-order valence-electron chi connectivity index (χ0n) is 12.1. The molecule has 7 nitrogen and oxygen atoms in total. The van der Waals surface area contributed by atoms with Gasteiger partial charge in [0, 0.05) is 13.1 Å². The van der Waals surface area contributed by atoms with E-state index in [2.05, 4.69) is 15.3 Å². The second-order valence-corrected chi connectivity index (χ2v) is 4.99. The zero-order chi connectivity index (χ0) is 14.7. The van der Waals surface area contributed by atoms with Crippen molar-refractivity contribution in [3.8, 4) is 5.88 Å². The minimum absolute atomic E-state index is 0.00286. The van der Waals surface area contributed by atoms with Crippen LogP contribution in [0, 0.1) is 0 Å². The Morgan fingerprint density at radius 2 is 2.30 bits per heavy atom. The van der Waals surface area contributed by atoms with Crippen LogP contribution in [0.4, 0.5) is 11.5 Å². The first-order valence-electron chi connectivity index (χ1n) is 6.86. The topological polar surface area (TPSA) is 93.4 Å². The summed E-state index contributed by atoms with van der Waals surface area (Å²) in [6.07, 6.45) is 2.09. The number of rotatable bonds is 4. The van der Waals surface area contributed by atoms with Gasteiger partial charge in [0.05, 0.1) is 6.10 Å². The fraction of sp³-hybridized carbons (Fsp3) is 0.615. The number of piperazine rings is 1. The van der Waals surface area contributed by atoms with Gasteiger partial charge < -0.3 is 20.7 Å². The van der Waals surface area contributed by atoms with Crippen molar-refractivity contribution in [3.63, 3.8) is 0 Å². The van der Waals surface area contributed by atoms with E-state index in [0.29, 0.717) is 36.9 Å². The maximum Gasteiger partial charge on any atom is 0.242 e. The molecule has 7 heteroatoms. The second kappa shape index (κ2) is 5.94. The number of carbonyl (C=O) groups is 1. The summed E-state index contributed by atoms with van der Waals surface area (Å²) in [6, 6.07) is -0.257. The number of nitrogens with zero attached hydrogens (tertiary/aromatic N) is 3. The van der Waals surface area contributed by atoms with E-state index >= 15 is 0 Å². The summed E-state index contributed by atoms with van der Waals surface area (Å²) in [5.74, 6) is 0.936. The largest absolute Gasteiger partial charge is 0.473 e. The van der Waals surface area contributed by atoms with Crippen LogP contribution in [0.25, 0.3) is 0 Å². The summed E-state index contributed by atoms with van der Waals surface area (Å²) in [7, 11) is 0. The minimum atomic E-state index is -0.257. The normalized spacial score (nSPS) is 19.1. The predicted molar refractivity (Wildman–Crippen MR) is 76.6 cm³/mol. The maximum atomic E-state index is 11.9. The van der Waals surface area contributed by atoms with Crippen molar-refractivity contribution in [1.29, 1.82) is 0 Å². The van der Waals surface area contributed by atoms with Crippen LogP contribution in [0.1, 0.15) is 27.2 Å². The molecule has 0 radical (unpaired) electrons. The Labute approximate surface area is 118 Å². The van der Waals surface area contributed by atoms with Crippen LogP contribution in [-0.4, -0.2) is 41.1 Å². The number of nitrogens with one attached hydrogen (secondary N) is 1. The van der Waals surface area contributed by atoms with Gasteiger partial charge in [0.25, 0.3) is 0 Å². The number of nitrogens with two attached hydrogens (primary N) is 1. The highest BCUT2D eigenvalue weighted by Crippen LogP contribution is 2.30. The lowest BCUT2D eigenvalue weighted by molar-refractivity contribution is -0.123. The van der Waals surface area contributed by atoms with Crippen molar-refractivity contribution in [2.24, 2.45) is 0 Å². The molecule has 0 saturated carbocycles. The molecule has 1 atom stereocenters. The van der Waals surface area contributed by atoms with E-state index < -0.39 is 0 Å². The summed E-state index contributed by atoms with van der Waals surface area (Å²) in [5, 5.41) is 2.85. The summed E-state index contributed by atoms with van der Waals surface area (Å²) in [5.41, 5.74) is 6.49. The molecule has 0 spiro atoms. The fourth-order valence-electron chi connectivity index (χ4n) is 2.29. The van der Waals surface area contributed by atoms with Gasteiger partial charge in [0.1, 0.15) is 18.1 Å². The zero-order valence-corrected chi connectivity index (χ0v) is 12.1. The molecule has 1 aromatic heterocycles. The molecule has 110 valence electrons. The van der Waals surface area contributed by atoms with Crippen molar-refractivity contribution in [2.75, 3.05) is 23.7 Å². The summed E-state index contributed by atoms with van der Waals surface area (Å²) in [6.45, 7) is 7.03. The molecule has 2 rings (SSSR count). The van der Waals surface area contributed by atoms with E-state index in [1.54, 1.807) is 0 Å². The molecular weight excluding hydrogens is 258 g/mol. The van der Waals surface area contributed by atoms with Crippen LogP contribution in [-0.2, 0) is 4.79 Å². The van der Waals surface area contributed by atoms with Crippen molar-refractivity contribution in [1.82, 2.24) is 15.3 Å². The van der Waals surface area contributed by atoms with Gasteiger partial charge in [0.15, 0.2) is 5.82 Å². The smallest absolute Gasteiger partial charge is 0.242 e. The Morgan fingerprint density at radius 1 is 1.55 bits per heavy atom. The SMILES string of the molecule is CCC1C(=O)NCCN1c1ncnc(OC(C)C)c1N.